The summed E-state index contributed by atoms with van der Waals surface area (Å²) >= 11 is 0. The molecule has 0 aliphatic carbocycles. The minimum absolute atomic E-state index is 0.278. The van der Waals surface area contributed by atoms with Crippen LogP contribution in [-0.2, 0) is 19.3 Å². The van der Waals surface area contributed by atoms with Crippen molar-refractivity contribution >= 4 is 12.4 Å². The Morgan fingerprint density at radius 2 is 2.16 bits per heavy atom. The highest BCUT2D eigenvalue weighted by molar-refractivity contribution is 6.67. The van der Waals surface area contributed by atoms with E-state index in [4.69, 9.17) is 0 Å². The van der Waals surface area contributed by atoms with Crippen LogP contribution in [-0.4, -0.2) is 21.9 Å². The SMILES string of the molecule is OB1CCCc2ccc(CCc3cnccn3)cc21. The number of hydrogen-bond acceptors (Lipinski definition) is 3. The first-order valence-corrected chi connectivity index (χ1v) is 6.87. The van der Waals surface area contributed by atoms with Crippen LogP contribution in [0.5, 0.6) is 0 Å². The molecule has 1 aromatic carbocycles. The lowest BCUT2D eigenvalue weighted by atomic mass is 9.53. The van der Waals surface area contributed by atoms with Crippen molar-refractivity contribution in [2.45, 2.75) is 32.0 Å². The summed E-state index contributed by atoms with van der Waals surface area (Å²) in [5.74, 6) is 0. The van der Waals surface area contributed by atoms with Gasteiger partial charge in [0.15, 0.2) is 0 Å². The van der Waals surface area contributed by atoms with E-state index in [9.17, 15) is 5.02 Å². The molecule has 2 aromatic rings. The lowest BCUT2D eigenvalue weighted by Gasteiger charge is -2.19. The third kappa shape index (κ3) is 2.84. The predicted octanol–water partition coefficient (Wildman–Crippen LogP) is 1.40. The summed E-state index contributed by atoms with van der Waals surface area (Å²) in [5, 5.41) is 10.0. The maximum atomic E-state index is 10.0. The maximum Gasteiger partial charge on any atom is 0.323 e. The van der Waals surface area contributed by atoms with Crippen LogP contribution in [0, 0.1) is 0 Å². The Balaban J connectivity index is 1.74. The fraction of sp³-hybridized carbons (Fsp3) is 0.333. The van der Waals surface area contributed by atoms with Gasteiger partial charge in [-0.3, -0.25) is 9.97 Å². The van der Waals surface area contributed by atoms with Crippen molar-refractivity contribution < 1.29 is 5.02 Å². The Labute approximate surface area is 113 Å². The van der Waals surface area contributed by atoms with E-state index in [1.165, 1.54) is 11.1 Å². The summed E-state index contributed by atoms with van der Waals surface area (Å²) in [4.78, 5) is 8.36. The molecule has 2 heterocycles. The fourth-order valence-electron chi connectivity index (χ4n) is 2.71. The summed E-state index contributed by atoms with van der Waals surface area (Å²) in [7, 11) is 0. The highest BCUT2D eigenvalue weighted by atomic mass is 16.2. The van der Waals surface area contributed by atoms with E-state index in [2.05, 4.69) is 28.2 Å². The number of aryl methyl sites for hydroxylation is 3. The molecule has 0 fully saturated rings. The molecule has 0 spiro atoms. The molecule has 0 amide bonds. The van der Waals surface area contributed by atoms with Crippen LogP contribution in [0.3, 0.4) is 0 Å². The van der Waals surface area contributed by atoms with Gasteiger partial charge in [0.25, 0.3) is 0 Å². The summed E-state index contributed by atoms with van der Waals surface area (Å²) in [6.45, 7) is -0.278. The summed E-state index contributed by atoms with van der Waals surface area (Å²) in [6.07, 6.45) is 10.1. The predicted molar refractivity (Wildman–Crippen MR) is 76.6 cm³/mol. The second kappa shape index (κ2) is 5.53. The molecule has 1 aliphatic rings. The zero-order valence-corrected chi connectivity index (χ0v) is 10.9. The molecule has 19 heavy (non-hydrogen) atoms. The lowest BCUT2D eigenvalue weighted by Crippen LogP contribution is -2.36. The summed E-state index contributed by atoms with van der Waals surface area (Å²) in [5.41, 5.74) is 4.72. The Kier molecular flexibility index (Phi) is 3.60. The van der Waals surface area contributed by atoms with E-state index >= 15 is 0 Å². The van der Waals surface area contributed by atoms with E-state index < -0.39 is 0 Å². The molecule has 1 aromatic heterocycles. The minimum Gasteiger partial charge on any atom is -0.446 e. The van der Waals surface area contributed by atoms with Crippen molar-refractivity contribution in [3.63, 3.8) is 0 Å². The van der Waals surface area contributed by atoms with E-state index in [1.54, 1.807) is 12.4 Å². The van der Waals surface area contributed by atoms with Gasteiger partial charge in [-0.15, -0.1) is 0 Å². The third-order valence-corrected chi connectivity index (χ3v) is 3.78. The average Bonchev–Trinajstić information content (AvgIpc) is 2.47. The van der Waals surface area contributed by atoms with Gasteiger partial charge in [-0.05, 0) is 36.6 Å². The molecule has 0 saturated heterocycles. The number of benzene rings is 1. The van der Waals surface area contributed by atoms with Gasteiger partial charge in [-0.2, -0.15) is 0 Å². The van der Waals surface area contributed by atoms with Gasteiger partial charge in [0.05, 0.1) is 5.69 Å². The highest BCUT2D eigenvalue weighted by Gasteiger charge is 2.22. The van der Waals surface area contributed by atoms with Crippen LogP contribution in [0.15, 0.2) is 36.8 Å². The number of nitrogens with zero attached hydrogens (tertiary/aromatic N) is 2. The molecular weight excluding hydrogens is 235 g/mol. The Morgan fingerprint density at radius 3 is 3.00 bits per heavy atom. The molecule has 3 rings (SSSR count). The van der Waals surface area contributed by atoms with Crippen molar-refractivity contribution in [2.75, 3.05) is 0 Å². The van der Waals surface area contributed by atoms with Crippen molar-refractivity contribution in [1.82, 2.24) is 9.97 Å². The minimum atomic E-state index is -0.278. The number of fused-ring (bicyclic) bond motifs is 1. The van der Waals surface area contributed by atoms with E-state index in [0.29, 0.717) is 0 Å². The summed E-state index contributed by atoms with van der Waals surface area (Å²) < 4.78 is 0. The smallest absolute Gasteiger partial charge is 0.323 e. The van der Waals surface area contributed by atoms with Crippen molar-refractivity contribution in [3.05, 3.63) is 53.6 Å². The largest absolute Gasteiger partial charge is 0.446 e. The second-order valence-corrected chi connectivity index (χ2v) is 5.14. The topological polar surface area (TPSA) is 46.0 Å². The molecule has 3 nitrogen and oxygen atoms in total. The number of rotatable bonds is 3. The van der Waals surface area contributed by atoms with Gasteiger partial charge in [0.2, 0.25) is 0 Å². The quantitative estimate of drug-likeness (QED) is 0.840. The van der Waals surface area contributed by atoms with Crippen molar-refractivity contribution in [1.29, 1.82) is 0 Å². The standard InChI is InChI=1S/C15H17BN2O/c19-16-7-1-2-13-5-3-12(10-15(13)16)4-6-14-11-17-8-9-18-14/h3,5,8-11,19H,1-2,4,6-7H2. The summed E-state index contributed by atoms with van der Waals surface area (Å²) in [6, 6.07) is 6.51. The van der Waals surface area contributed by atoms with Crippen molar-refractivity contribution in [2.24, 2.45) is 0 Å². The van der Waals surface area contributed by atoms with Crippen LogP contribution in [0.2, 0.25) is 6.32 Å². The number of hydrogen-bond donors (Lipinski definition) is 1. The third-order valence-electron chi connectivity index (χ3n) is 3.78. The lowest BCUT2D eigenvalue weighted by molar-refractivity contribution is 0.574. The zero-order valence-electron chi connectivity index (χ0n) is 10.9. The molecule has 0 saturated carbocycles. The first kappa shape index (κ1) is 12.4. The molecule has 1 aliphatic heterocycles. The van der Waals surface area contributed by atoms with Gasteiger partial charge in [-0.25, -0.2) is 0 Å². The van der Waals surface area contributed by atoms with E-state index in [-0.39, 0.29) is 6.92 Å². The Bertz CT molecular complexity index is 559. The Morgan fingerprint density at radius 1 is 1.21 bits per heavy atom. The molecule has 0 unspecified atom stereocenters. The van der Waals surface area contributed by atoms with Crippen LogP contribution in [0.1, 0.15) is 23.2 Å². The molecule has 96 valence electrons. The van der Waals surface area contributed by atoms with Crippen molar-refractivity contribution in [3.8, 4) is 0 Å². The van der Waals surface area contributed by atoms with E-state index in [1.807, 2.05) is 6.20 Å². The molecule has 1 N–H and O–H groups in total. The molecular formula is C15H17BN2O. The van der Waals surface area contributed by atoms with Crippen LogP contribution in [0.4, 0.5) is 0 Å². The van der Waals surface area contributed by atoms with Crippen LogP contribution >= 0.6 is 0 Å². The average molecular weight is 252 g/mol. The second-order valence-electron chi connectivity index (χ2n) is 5.14. The first-order valence-electron chi connectivity index (χ1n) is 6.87. The van der Waals surface area contributed by atoms with Gasteiger partial charge in [0.1, 0.15) is 0 Å². The monoisotopic (exact) mass is 252 g/mol. The molecule has 0 radical (unpaired) electrons. The molecule has 0 bridgehead atoms. The van der Waals surface area contributed by atoms with Gasteiger partial charge in [-0.1, -0.05) is 30.2 Å². The van der Waals surface area contributed by atoms with Gasteiger partial charge >= 0.3 is 6.92 Å². The maximum absolute atomic E-state index is 10.0. The Hall–Kier alpha value is -1.68. The highest BCUT2D eigenvalue weighted by Crippen LogP contribution is 2.15. The van der Waals surface area contributed by atoms with E-state index in [0.717, 1.165) is 43.2 Å². The zero-order chi connectivity index (χ0) is 13.1. The first-order chi connectivity index (χ1) is 9.33. The number of aromatic nitrogens is 2. The van der Waals surface area contributed by atoms with Crippen LogP contribution < -0.4 is 5.46 Å². The molecule has 4 heteroatoms. The van der Waals surface area contributed by atoms with Gasteiger partial charge < -0.3 is 5.02 Å². The van der Waals surface area contributed by atoms with Gasteiger partial charge in [0, 0.05) is 18.6 Å². The molecule has 0 atom stereocenters. The van der Waals surface area contributed by atoms with Crippen LogP contribution in [0.25, 0.3) is 0 Å². The normalized spacial score (nSPS) is 14.3. The fourth-order valence-corrected chi connectivity index (χ4v) is 2.71.